The summed E-state index contributed by atoms with van der Waals surface area (Å²) >= 11 is 0. The van der Waals surface area contributed by atoms with Crippen LogP contribution in [0.2, 0.25) is 0 Å². The molecule has 0 unspecified atom stereocenters. The Hall–Kier alpha value is -2.38. The van der Waals surface area contributed by atoms with Gasteiger partial charge in [-0.3, -0.25) is 4.79 Å². The van der Waals surface area contributed by atoms with Crippen molar-refractivity contribution in [1.82, 2.24) is 4.72 Å². The largest absolute Gasteiger partial charge is 0.495 e. The maximum Gasteiger partial charge on any atom is 0.258 e. The van der Waals surface area contributed by atoms with Gasteiger partial charge in [0.05, 0.1) is 7.11 Å². The van der Waals surface area contributed by atoms with Crippen molar-refractivity contribution < 1.29 is 17.9 Å². The van der Waals surface area contributed by atoms with Crippen molar-refractivity contribution in [3.63, 3.8) is 0 Å². The number of para-hydroxylation sites is 1. The number of carbonyl (C=O) groups is 1. The highest BCUT2D eigenvalue weighted by Gasteiger charge is 2.28. The molecular weight excluding hydrogens is 388 g/mol. The van der Waals surface area contributed by atoms with Crippen molar-refractivity contribution in [2.24, 2.45) is 0 Å². The number of hydrogen-bond acceptors (Lipinski definition) is 4. The molecule has 6 nitrogen and oxygen atoms in total. The minimum Gasteiger partial charge on any atom is -0.495 e. The Labute approximate surface area is 172 Å². The number of amides is 1. The molecule has 0 atom stereocenters. The number of fused-ring (bicyclic) bond motifs is 1. The van der Waals surface area contributed by atoms with E-state index in [0.717, 1.165) is 30.5 Å². The zero-order chi connectivity index (χ0) is 21.2. The highest BCUT2D eigenvalue weighted by molar-refractivity contribution is 7.89. The molecule has 2 aromatic rings. The molecule has 0 saturated heterocycles. The number of benzene rings is 2. The fourth-order valence-electron chi connectivity index (χ4n) is 3.54. The molecule has 29 heavy (non-hydrogen) atoms. The minimum absolute atomic E-state index is 0.0381. The highest BCUT2D eigenvalue weighted by atomic mass is 32.2. The van der Waals surface area contributed by atoms with Crippen molar-refractivity contribution in [2.45, 2.75) is 50.5 Å². The third-order valence-electron chi connectivity index (χ3n) is 4.75. The molecule has 7 heteroatoms. The number of aryl methyl sites for hydroxylation is 1. The Morgan fingerprint density at radius 1 is 1.10 bits per heavy atom. The summed E-state index contributed by atoms with van der Waals surface area (Å²) in [5, 5.41) is 0. The van der Waals surface area contributed by atoms with E-state index >= 15 is 0 Å². The molecule has 156 valence electrons. The number of anilines is 1. The number of sulfonamides is 1. The molecule has 2 aromatic carbocycles. The number of nitrogens with zero attached hydrogens (tertiary/aromatic N) is 1. The predicted octanol–water partition coefficient (Wildman–Crippen LogP) is 3.76. The van der Waals surface area contributed by atoms with E-state index in [2.05, 4.69) is 4.72 Å². The van der Waals surface area contributed by atoms with Crippen LogP contribution in [0.15, 0.2) is 47.4 Å². The van der Waals surface area contributed by atoms with Gasteiger partial charge < -0.3 is 9.64 Å². The van der Waals surface area contributed by atoms with E-state index in [4.69, 9.17) is 4.74 Å². The first-order valence-electron chi connectivity index (χ1n) is 9.74. The van der Waals surface area contributed by atoms with Crippen LogP contribution in [-0.2, 0) is 16.4 Å². The second-order valence-corrected chi connectivity index (χ2v) is 9.91. The van der Waals surface area contributed by atoms with Crippen molar-refractivity contribution in [2.75, 3.05) is 18.6 Å². The van der Waals surface area contributed by atoms with Gasteiger partial charge in [-0.25, -0.2) is 13.1 Å². The smallest absolute Gasteiger partial charge is 0.258 e. The maximum atomic E-state index is 13.3. The summed E-state index contributed by atoms with van der Waals surface area (Å²) in [4.78, 5) is 15.1. The van der Waals surface area contributed by atoms with E-state index in [1.807, 2.05) is 24.3 Å². The van der Waals surface area contributed by atoms with Gasteiger partial charge >= 0.3 is 0 Å². The van der Waals surface area contributed by atoms with Crippen molar-refractivity contribution in [3.05, 3.63) is 53.6 Å². The van der Waals surface area contributed by atoms with Crippen molar-refractivity contribution in [3.8, 4) is 5.75 Å². The molecule has 1 amide bonds. The Morgan fingerprint density at radius 3 is 2.52 bits per heavy atom. The van der Waals surface area contributed by atoms with Crippen LogP contribution in [0.4, 0.5) is 5.69 Å². The number of nitrogens with one attached hydrogen (secondary N) is 1. The lowest BCUT2D eigenvalue weighted by atomic mass is 10.1. The number of hydrogen-bond donors (Lipinski definition) is 1. The second kappa shape index (κ2) is 8.16. The van der Waals surface area contributed by atoms with E-state index < -0.39 is 15.6 Å². The van der Waals surface area contributed by atoms with E-state index in [1.54, 1.807) is 31.7 Å². The van der Waals surface area contributed by atoms with E-state index in [9.17, 15) is 13.2 Å². The van der Waals surface area contributed by atoms with Gasteiger partial charge in [-0.05, 0) is 69.9 Å². The molecule has 0 spiro atoms. The van der Waals surface area contributed by atoms with Gasteiger partial charge in [-0.2, -0.15) is 0 Å². The molecule has 1 aliphatic heterocycles. The molecule has 1 N–H and O–H groups in total. The SMILES string of the molecule is COc1ccc(C(=O)N2CCCCc3ccccc32)cc1S(=O)(=O)NC(C)(C)C. The first-order chi connectivity index (χ1) is 13.6. The lowest BCUT2D eigenvalue weighted by Crippen LogP contribution is -2.40. The lowest BCUT2D eigenvalue weighted by Gasteiger charge is -2.24. The summed E-state index contributed by atoms with van der Waals surface area (Å²) in [5.74, 6) is -0.0104. The summed E-state index contributed by atoms with van der Waals surface area (Å²) in [6, 6.07) is 12.4. The average molecular weight is 417 g/mol. The Morgan fingerprint density at radius 2 is 1.83 bits per heavy atom. The number of methoxy groups -OCH3 is 1. The molecular formula is C22H28N2O4S. The lowest BCUT2D eigenvalue weighted by molar-refractivity contribution is 0.0986. The van der Waals surface area contributed by atoms with Gasteiger partial charge in [-0.15, -0.1) is 0 Å². The predicted molar refractivity (Wildman–Crippen MR) is 114 cm³/mol. The molecule has 0 saturated carbocycles. The van der Waals surface area contributed by atoms with E-state index in [-0.39, 0.29) is 16.6 Å². The van der Waals surface area contributed by atoms with Crippen LogP contribution in [0.25, 0.3) is 0 Å². The molecule has 0 aromatic heterocycles. The van der Waals surface area contributed by atoms with Crippen LogP contribution in [0.5, 0.6) is 5.75 Å². The topological polar surface area (TPSA) is 75.7 Å². The normalized spacial score (nSPS) is 14.8. The van der Waals surface area contributed by atoms with Gasteiger partial charge in [0, 0.05) is 23.3 Å². The second-order valence-electron chi connectivity index (χ2n) is 8.26. The zero-order valence-corrected chi connectivity index (χ0v) is 18.2. The van der Waals surface area contributed by atoms with Gasteiger partial charge in [-0.1, -0.05) is 18.2 Å². The fraction of sp³-hybridized carbons (Fsp3) is 0.409. The van der Waals surface area contributed by atoms with E-state index in [0.29, 0.717) is 12.1 Å². The van der Waals surface area contributed by atoms with Gasteiger partial charge in [0.25, 0.3) is 5.91 Å². The number of rotatable bonds is 4. The summed E-state index contributed by atoms with van der Waals surface area (Å²) in [6.07, 6.45) is 2.84. The summed E-state index contributed by atoms with van der Waals surface area (Å²) < 4.78 is 33.7. The Balaban J connectivity index is 2.03. The minimum atomic E-state index is -3.86. The molecule has 1 heterocycles. The third-order valence-corrected chi connectivity index (χ3v) is 6.53. The average Bonchev–Trinajstić information content (AvgIpc) is 2.87. The highest BCUT2D eigenvalue weighted by Crippen LogP contribution is 2.30. The molecule has 0 radical (unpaired) electrons. The first kappa shape index (κ1) is 21.3. The van der Waals surface area contributed by atoms with Crippen LogP contribution < -0.4 is 14.4 Å². The first-order valence-corrected chi connectivity index (χ1v) is 11.2. The summed E-state index contributed by atoms with van der Waals surface area (Å²) in [6.45, 7) is 5.89. The monoisotopic (exact) mass is 416 g/mol. The molecule has 3 rings (SSSR count). The maximum absolute atomic E-state index is 13.3. The molecule has 1 aliphatic rings. The quantitative estimate of drug-likeness (QED) is 0.824. The van der Waals surface area contributed by atoms with Gasteiger partial charge in [0.2, 0.25) is 10.0 Å². The van der Waals surface area contributed by atoms with Gasteiger partial charge in [0.15, 0.2) is 0 Å². The molecule has 0 fully saturated rings. The molecule has 0 aliphatic carbocycles. The molecule has 0 bridgehead atoms. The Bertz CT molecular complexity index is 1010. The number of ether oxygens (including phenoxy) is 1. The summed E-state index contributed by atoms with van der Waals surface area (Å²) in [5.41, 5.74) is 1.68. The van der Waals surface area contributed by atoms with Crippen LogP contribution in [0.3, 0.4) is 0 Å². The summed E-state index contributed by atoms with van der Waals surface area (Å²) in [7, 11) is -2.45. The van der Waals surface area contributed by atoms with Gasteiger partial charge in [0.1, 0.15) is 10.6 Å². The number of carbonyl (C=O) groups excluding carboxylic acids is 1. The fourth-order valence-corrected chi connectivity index (χ4v) is 5.15. The van der Waals surface area contributed by atoms with Crippen LogP contribution >= 0.6 is 0 Å². The zero-order valence-electron chi connectivity index (χ0n) is 17.4. The third kappa shape index (κ3) is 4.79. The van der Waals surface area contributed by atoms with E-state index in [1.165, 1.54) is 19.2 Å². The van der Waals surface area contributed by atoms with Crippen molar-refractivity contribution >= 4 is 21.6 Å². The standard InChI is InChI=1S/C22H28N2O4S/c1-22(2,3)23-29(26,27)20-15-17(12-13-19(20)28-4)21(25)24-14-8-7-10-16-9-5-6-11-18(16)24/h5-6,9,11-13,15,23H,7-8,10,14H2,1-4H3. The van der Waals surface area contributed by atoms with Crippen molar-refractivity contribution in [1.29, 1.82) is 0 Å². The van der Waals surface area contributed by atoms with Crippen LogP contribution in [-0.4, -0.2) is 33.5 Å². The van der Waals surface area contributed by atoms with Crippen LogP contribution in [0.1, 0.15) is 49.5 Å². The van der Waals surface area contributed by atoms with Crippen LogP contribution in [0, 0.1) is 0 Å². The Kier molecular flexibility index (Phi) is 6.00.